The first-order valence-electron chi connectivity index (χ1n) is 15.5. The van der Waals surface area contributed by atoms with E-state index in [1.165, 1.54) is 0 Å². The number of carbonyl (C=O) groups is 3. The number of aromatic nitrogens is 1. The van der Waals surface area contributed by atoms with E-state index in [1.54, 1.807) is 12.3 Å². The summed E-state index contributed by atoms with van der Waals surface area (Å²) >= 11 is 0. The van der Waals surface area contributed by atoms with Gasteiger partial charge in [-0.2, -0.15) is 0 Å². The lowest BCUT2D eigenvalue weighted by molar-refractivity contribution is -0.142. The van der Waals surface area contributed by atoms with Gasteiger partial charge in [0.15, 0.2) is 0 Å². The van der Waals surface area contributed by atoms with Crippen LogP contribution >= 0.6 is 0 Å². The smallest absolute Gasteiger partial charge is 0.326 e. The van der Waals surface area contributed by atoms with E-state index in [4.69, 9.17) is 0 Å². The molecule has 0 fully saturated rings. The minimum Gasteiger partial charge on any atom is -0.480 e. The summed E-state index contributed by atoms with van der Waals surface area (Å²) in [5, 5.41) is 14.9. The van der Waals surface area contributed by atoms with Crippen molar-refractivity contribution in [3.63, 3.8) is 0 Å². The molecule has 0 aliphatic heterocycles. The van der Waals surface area contributed by atoms with E-state index < -0.39 is 12.0 Å². The van der Waals surface area contributed by atoms with Crippen molar-refractivity contribution in [2.24, 2.45) is 0 Å². The molecule has 0 aliphatic carbocycles. The third-order valence-electron chi connectivity index (χ3n) is 6.36. The molecule has 1 aromatic heterocycles. The van der Waals surface area contributed by atoms with Gasteiger partial charge in [-0.15, -0.1) is 0 Å². The van der Waals surface area contributed by atoms with Crippen molar-refractivity contribution in [2.45, 2.75) is 96.9 Å². The monoisotopic (exact) mass is 589 g/mol. The zero-order valence-corrected chi connectivity index (χ0v) is 26.0. The number of aryl methyl sites for hydroxylation is 1. The second-order valence-corrected chi connectivity index (χ2v) is 10.2. The molecule has 1 rings (SSSR count). The Morgan fingerprint density at radius 2 is 1.44 bits per heavy atom. The molecule has 7 nitrogen and oxygen atoms in total. The molecule has 234 valence electrons. The molecule has 1 atom stereocenters. The van der Waals surface area contributed by atoms with Crippen LogP contribution < -0.4 is 10.6 Å². The quantitative estimate of drug-likeness (QED) is 0.0901. The maximum absolute atomic E-state index is 12.2. The molecule has 3 N–H and O–H groups in total. The molecule has 0 saturated heterocycles. The van der Waals surface area contributed by atoms with Crippen LogP contribution in [0.25, 0.3) is 6.08 Å². The Balaban J connectivity index is 2.10. The van der Waals surface area contributed by atoms with Gasteiger partial charge in [0, 0.05) is 31.3 Å². The minimum absolute atomic E-state index is 0.0908. The summed E-state index contributed by atoms with van der Waals surface area (Å²) < 4.78 is 0. The van der Waals surface area contributed by atoms with Crippen LogP contribution in [0.1, 0.15) is 95.2 Å². The third kappa shape index (κ3) is 22.3. The molecular formula is C36H51N3O4. The number of hydrogen-bond acceptors (Lipinski definition) is 4. The number of carboxylic acid groups (broad SMARTS) is 1. The molecule has 0 saturated carbocycles. The summed E-state index contributed by atoms with van der Waals surface area (Å²) in [6, 6.07) is 2.95. The van der Waals surface area contributed by atoms with Crippen molar-refractivity contribution in [1.82, 2.24) is 15.6 Å². The summed E-state index contributed by atoms with van der Waals surface area (Å²) in [4.78, 5) is 40.0. The van der Waals surface area contributed by atoms with Crippen LogP contribution in [-0.2, 0) is 14.4 Å². The number of nitrogens with zero attached hydrogens (tertiary/aromatic N) is 1. The second kappa shape index (κ2) is 25.7. The summed E-state index contributed by atoms with van der Waals surface area (Å²) in [7, 11) is 0. The lowest BCUT2D eigenvalue weighted by Gasteiger charge is -2.14. The number of pyridine rings is 1. The fraction of sp³-hybridized carbons (Fsp3) is 0.444. The van der Waals surface area contributed by atoms with E-state index in [1.807, 2.05) is 25.1 Å². The molecule has 1 heterocycles. The van der Waals surface area contributed by atoms with E-state index in [-0.39, 0.29) is 18.2 Å². The molecule has 43 heavy (non-hydrogen) atoms. The molecular weight excluding hydrogens is 538 g/mol. The molecule has 0 aromatic carbocycles. The van der Waals surface area contributed by atoms with Crippen LogP contribution in [0.2, 0.25) is 0 Å². The lowest BCUT2D eigenvalue weighted by Crippen LogP contribution is -2.40. The number of aliphatic carboxylic acids is 1. The highest BCUT2D eigenvalue weighted by atomic mass is 16.4. The van der Waals surface area contributed by atoms with Crippen molar-refractivity contribution in [3.05, 3.63) is 96.4 Å². The number of carbonyl (C=O) groups excluding carboxylic acids is 2. The van der Waals surface area contributed by atoms with Gasteiger partial charge in [-0.1, -0.05) is 85.9 Å². The first kappa shape index (κ1) is 37.0. The standard InChI is InChI=1S/C36H51N3O4/c1-3-4-5-6-7-8-9-10-11-12-13-14-15-16-17-18-19-25-35(41)39-33(36(42)43)24-20-21-29-37-34(40)26-22-23-32-28-27-31(2)38-30-32/h4-5,7-8,10-11,13-14,16-17,22-23,27-28,30,33H,3,6,9,12,15,18-21,24-26,29H2,1-2H3,(H,37,40)(H,39,41)(H,42,43)/t33-/m0/s1. The average Bonchev–Trinajstić information content (AvgIpc) is 2.98. The maximum Gasteiger partial charge on any atom is 0.326 e. The van der Waals surface area contributed by atoms with Crippen LogP contribution in [0.3, 0.4) is 0 Å². The van der Waals surface area contributed by atoms with Gasteiger partial charge in [0.05, 0.1) is 0 Å². The Hall–Kier alpha value is -4.00. The van der Waals surface area contributed by atoms with E-state index >= 15 is 0 Å². The molecule has 7 heteroatoms. The number of carboxylic acids is 1. The summed E-state index contributed by atoms with van der Waals surface area (Å²) in [6.45, 7) is 4.52. The fourth-order valence-corrected chi connectivity index (χ4v) is 3.93. The SMILES string of the molecule is CCC=CCC=CCC=CCC=CCC=CCCCC(=O)N[C@@H](CCCCNC(=O)CC=Cc1ccc(C)nc1)C(=O)O. The van der Waals surface area contributed by atoms with Crippen molar-refractivity contribution in [3.8, 4) is 0 Å². The number of allylic oxidation sites excluding steroid dienone is 10. The molecule has 0 unspecified atom stereocenters. The van der Waals surface area contributed by atoms with Gasteiger partial charge >= 0.3 is 5.97 Å². The van der Waals surface area contributed by atoms with Crippen LogP contribution in [0.5, 0.6) is 0 Å². The number of unbranched alkanes of at least 4 members (excludes halogenated alkanes) is 2. The van der Waals surface area contributed by atoms with Gasteiger partial charge in [-0.25, -0.2) is 4.79 Å². The van der Waals surface area contributed by atoms with Crippen molar-refractivity contribution in [2.75, 3.05) is 6.54 Å². The molecule has 0 radical (unpaired) electrons. The number of nitrogens with one attached hydrogen (secondary N) is 2. The van der Waals surface area contributed by atoms with Gasteiger partial charge in [0.2, 0.25) is 11.8 Å². The number of amides is 2. The largest absolute Gasteiger partial charge is 0.480 e. The zero-order valence-electron chi connectivity index (χ0n) is 26.0. The van der Waals surface area contributed by atoms with Gasteiger partial charge in [-0.05, 0) is 82.8 Å². The van der Waals surface area contributed by atoms with Gasteiger partial charge < -0.3 is 15.7 Å². The van der Waals surface area contributed by atoms with E-state index in [2.05, 4.69) is 83.3 Å². The fourth-order valence-electron chi connectivity index (χ4n) is 3.93. The Morgan fingerprint density at radius 1 is 0.814 bits per heavy atom. The Bertz CT molecular complexity index is 1100. The highest BCUT2D eigenvalue weighted by Gasteiger charge is 2.19. The molecule has 0 spiro atoms. The highest BCUT2D eigenvalue weighted by Crippen LogP contribution is 2.05. The van der Waals surface area contributed by atoms with Crippen LogP contribution in [0.15, 0.2) is 85.2 Å². The van der Waals surface area contributed by atoms with Crippen molar-refractivity contribution in [1.29, 1.82) is 0 Å². The van der Waals surface area contributed by atoms with E-state index in [0.717, 1.165) is 49.8 Å². The van der Waals surface area contributed by atoms with Crippen molar-refractivity contribution >= 4 is 23.9 Å². The predicted molar refractivity (Wildman–Crippen MR) is 177 cm³/mol. The predicted octanol–water partition coefficient (Wildman–Crippen LogP) is 7.57. The lowest BCUT2D eigenvalue weighted by atomic mass is 10.1. The summed E-state index contributed by atoms with van der Waals surface area (Å²) in [5.41, 5.74) is 1.88. The first-order valence-corrected chi connectivity index (χ1v) is 15.5. The Labute approximate surface area is 258 Å². The summed E-state index contributed by atoms with van der Waals surface area (Å²) in [6.07, 6.45) is 35.3. The highest BCUT2D eigenvalue weighted by molar-refractivity contribution is 5.83. The Kier molecular flexibility index (Phi) is 22.1. The number of rotatable bonds is 23. The number of hydrogen-bond donors (Lipinski definition) is 3. The second-order valence-electron chi connectivity index (χ2n) is 10.2. The third-order valence-corrected chi connectivity index (χ3v) is 6.36. The average molecular weight is 590 g/mol. The van der Waals surface area contributed by atoms with Crippen LogP contribution in [-0.4, -0.2) is 40.5 Å². The maximum atomic E-state index is 12.2. The molecule has 0 bridgehead atoms. The Morgan fingerprint density at radius 3 is 2.02 bits per heavy atom. The van der Waals surface area contributed by atoms with E-state index in [0.29, 0.717) is 38.6 Å². The van der Waals surface area contributed by atoms with Crippen LogP contribution in [0, 0.1) is 6.92 Å². The van der Waals surface area contributed by atoms with Crippen LogP contribution in [0.4, 0.5) is 0 Å². The van der Waals surface area contributed by atoms with E-state index in [9.17, 15) is 19.5 Å². The normalized spacial score (nSPS) is 12.9. The minimum atomic E-state index is -1.04. The topological polar surface area (TPSA) is 108 Å². The van der Waals surface area contributed by atoms with Crippen molar-refractivity contribution < 1.29 is 19.5 Å². The molecule has 0 aliphatic rings. The first-order chi connectivity index (χ1) is 20.9. The van der Waals surface area contributed by atoms with Gasteiger partial charge in [0.25, 0.3) is 0 Å². The molecule has 2 amide bonds. The zero-order chi connectivity index (χ0) is 31.4. The summed E-state index contributed by atoms with van der Waals surface area (Å²) in [5.74, 6) is -1.37. The molecule has 1 aromatic rings. The van der Waals surface area contributed by atoms with Gasteiger partial charge in [0.1, 0.15) is 6.04 Å². The van der Waals surface area contributed by atoms with Gasteiger partial charge in [-0.3, -0.25) is 14.6 Å².